The SMILES string of the molecule is CN(C(=O)c1cc(NC(=O)NC(C)(C)C)ccc1Cl)C1CC2CCC(C1)N2.Cl. The van der Waals surface area contributed by atoms with Crippen molar-refractivity contribution in [1.29, 1.82) is 0 Å². The van der Waals surface area contributed by atoms with E-state index in [0.717, 1.165) is 12.8 Å². The molecule has 8 heteroatoms. The molecule has 2 aliphatic rings. The van der Waals surface area contributed by atoms with Gasteiger partial charge in [-0.3, -0.25) is 4.79 Å². The van der Waals surface area contributed by atoms with Gasteiger partial charge >= 0.3 is 6.03 Å². The first-order chi connectivity index (χ1) is 12.6. The minimum atomic E-state index is -0.344. The summed E-state index contributed by atoms with van der Waals surface area (Å²) in [5.74, 6) is -0.105. The molecular weight excluding hydrogens is 399 g/mol. The number of benzene rings is 1. The fourth-order valence-corrected chi connectivity index (χ4v) is 4.17. The van der Waals surface area contributed by atoms with E-state index in [2.05, 4.69) is 16.0 Å². The minimum absolute atomic E-state index is 0. The molecule has 0 aliphatic carbocycles. The Balaban J connectivity index is 0.00000280. The number of hydrogen-bond acceptors (Lipinski definition) is 3. The van der Waals surface area contributed by atoms with E-state index < -0.39 is 0 Å². The number of amides is 3. The first-order valence-electron chi connectivity index (χ1n) is 9.54. The maximum atomic E-state index is 13.1. The van der Waals surface area contributed by atoms with Crippen molar-refractivity contribution in [1.82, 2.24) is 15.5 Å². The molecule has 2 bridgehead atoms. The van der Waals surface area contributed by atoms with Crippen LogP contribution in [0.4, 0.5) is 10.5 Å². The van der Waals surface area contributed by atoms with Crippen molar-refractivity contribution in [2.24, 2.45) is 0 Å². The van der Waals surface area contributed by atoms with Gasteiger partial charge in [0.2, 0.25) is 0 Å². The van der Waals surface area contributed by atoms with Crippen LogP contribution in [0.2, 0.25) is 5.02 Å². The minimum Gasteiger partial charge on any atom is -0.339 e. The van der Waals surface area contributed by atoms with E-state index in [1.165, 1.54) is 12.8 Å². The highest BCUT2D eigenvalue weighted by Gasteiger charge is 2.36. The first-order valence-corrected chi connectivity index (χ1v) is 9.92. The van der Waals surface area contributed by atoms with Crippen LogP contribution in [0, 0.1) is 0 Å². The van der Waals surface area contributed by atoms with Crippen molar-refractivity contribution in [3.8, 4) is 0 Å². The van der Waals surface area contributed by atoms with Crippen LogP contribution in [-0.2, 0) is 0 Å². The lowest BCUT2D eigenvalue weighted by Crippen LogP contribution is -2.48. The number of nitrogens with zero attached hydrogens (tertiary/aromatic N) is 1. The molecule has 3 N–H and O–H groups in total. The van der Waals surface area contributed by atoms with E-state index in [0.29, 0.717) is 28.4 Å². The maximum absolute atomic E-state index is 13.1. The van der Waals surface area contributed by atoms with E-state index in [-0.39, 0.29) is 35.9 Å². The molecule has 2 fully saturated rings. The molecule has 2 atom stereocenters. The third-order valence-electron chi connectivity index (χ3n) is 5.26. The standard InChI is InChI=1S/C20H29ClN4O2.ClH/c1-20(2,3)24-19(27)23-14-7-8-17(21)16(11-14)18(26)25(4)15-9-12-5-6-13(10-15)22-12;/h7-8,11-13,15,22H,5-6,9-10H2,1-4H3,(H2,23,24,27);1H. The molecule has 0 saturated carbocycles. The number of rotatable bonds is 3. The Morgan fingerprint density at radius 3 is 2.36 bits per heavy atom. The molecule has 2 heterocycles. The zero-order valence-electron chi connectivity index (χ0n) is 16.8. The lowest BCUT2D eigenvalue weighted by Gasteiger charge is -2.35. The molecule has 3 rings (SSSR count). The predicted molar refractivity (Wildman–Crippen MR) is 116 cm³/mol. The number of carbonyl (C=O) groups excluding carboxylic acids is 2. The van der Waals surface area contributed by atoms with Gasteiger partial charge in [-0.1, -0.05) is 11.6 Å². The van der Waals surface area contributed by atoms with Crippen LogP contribution in [-0.4, -0.2) is 47.6 Å². The Morgan fingerprint density at radius 2 is 1.79 bits per heavy atom. The van der Waals surface area contributed by atoms with Crippen molar-refractivity contribution in [3.63, 3.8) is 0 Å². The van der Waals surface area contributed by atoms with Gasteiger partial charge in [-0.25, -0.2) is 4.79 Å². The molecule has 0 aromatic heterocycles. The van der Waals surface area contributed by atoms with Gasteiger partial charge in [0.05, 0.1) is 10.6 Å². The molecule has 1 aromatic rings. The van der Waals surface area contributed by atoms with Crippen LogP contribution < -0.4 is 16.0 Å². The highest BCUT2D eigenvalue weighted by atomic mass is 35.5. The maximum Gasteiger partial charge on any atom is 0.319 e. The van der Waals surface area contributed by atoms with Gasteiger partial charge in [-0.15, -0.1) is 12.4 Å². The second kappa shape index (κ2) is 8.89. The Bertz CT molecular complexity index is 723. The van der Waals surface area contributed by atoms with Gasteiger partial charge < -0.3 is 20.9 Å². The summed E-state index contributed by atoms with van der Waals surface area (Å²) in [5.41, 5.74) is 0.617. The quantitative estimate of drug-likeness (QED) is 0.679. The van der Waals surface area contributed by atoms with E-state index in [9.17, 15) is 9.59 Å². The van der Waals surface area contributed by atoms with Crippen molar-refractivity contribution in [2.45, 2.75) is 70.1 Å². The van der Waals surface area contributed by atoms with Gasteiger partial charge in [0.1, 0.15) is 0 Å². The number of carbonyl (C=O) groups is 2. The Morgan fingerprint density at radius 1 is 1.18 bits per heavy atom. The largest absolute Gasteiger partial charge is 0.339 e. The fraction of sp³-hybridized carbons (Fsp3) is 0.600. The Hall–Kier alpha value is -1.50. The van der Waals surface area contributed by atoms with Crippen molar-refractivity contribution < 1.29 is 9.59 Å². The second-order valence-electron chi connectivity index (χ2n) is 8.70. The summed E-state index contributed by atoms with van der Waals surface area (Å²) in [7, 11) is 1.85. The number of nitrogens with one attached hydrogen (secondary N) is 3. The highest BCUT2D eigenvalue weighted by molar-refractivity contribution is 6.34. The topological polar surface area (TPSA) is 73.5 Å². The smallest absolute Gasteiger partial charge is 0.319 e. The lowest BCUT2D eigenvalue weighted by atomic mass is 9.98. The molecule has 3 amide bonds. The van der Waals surface area contributed by atoms with Crippen molar-refractivity contribution in [3.05, 3.63) is 28.8 Å². The third-order valence-corrected chi connectivity index (χ3v) is 5.59. The average Bonchev–Trinajstić information content (AvgIpc) is 2.91. The molecule has 2 saturated heterocycles. The summed E-state index contributed by atoms with van der Waals surface area (Å²) >= 11 is 6.30. The van der Waals surface area contributed by atoms with Gasteiger partial charge in [0.25, 0.3) is 5.91 Å². The zero-order chi connectivity index (χ0) is 19.8. The number of urea groups is 1. The van der Waals surface area contributed by atoms with E-state index in [4.69, 9.17) is 11.6 Å². The molecule has 28 heavy (non-hydrogen) atoms. The summed E-state index contributed by atoms with van der Waals surface area (Å²) in [5, 5.41) is 9.60. The van der Waals surface area contributed by atoms with Crippen LogP contribution in [0.15, 0.2) is 18.2 Å². The van der Waals surface area contributed by atoms with Crippen molar-refractivity contribution in [2.75, 3.05) is 12.4 Å². The molecule has 156 valence electrons. The lowest BCUT2D eigenvalue weighted by molar-refractivity contribution is 0.0682. The summed E-state index contributed by atoms with van der Waals surface area (Å²) in [4.78, 5) is 27.0. The number of anilines is 1. The van der Waals surface area contributed by atoms with Crippen LogP contribution >= 0.6 is 24.0 Å². The van der Waals surface area contributed by atoms with Gasteiger partial charge in [0.15, 0.2) is 0 Å². The van der Waals surface area contributed by atoms with Gasteiger partial charge in [-0.2, -0.15) is 0 Å². The molecule has 2 unspecified atom stereocenters. The Kier molecular flexibility index (Phi) is 7.23. The fourth-order valence-electron chi connectivity index (χ4n) is 3.97. The summed E-state index contributed by atoms with van der Waals surface area (Å²) < 4.78 is 0. The van der Waals surface area contributed by atoms with E-state index in [1.807, 2.05) is 32.7 Å². The van der Waals surface area contributed by atoms with Crippen LogP contribution in [0.1, 0.15) is 56.8 Å². The number of hydrogen-bond donors (Lipinski definition) is 3. The number of halogens is 2. The molecule has 0 radical (unpaired) electrons. The highest BCUT2D eigenvalue weighted by Crippen LogP contribution is 2.31. The normalized spacial score (nSPS) is 23.5. The first kappa shape index (κ1) is 22.8. The molecular formula is C20H30Cl2N4O2. The molecule has 6 nitrogen and oxygen atoms in total. The average molecular weight is 429 g/mol. The number of fused-ring (bicyclic) bond motifs is 2. The predicted octanol–water partition coefficient (Wildman–Crippen LogP) is 4.04. The summed E-state index contributed by atoms with van der Waals surface area (Å²) in [6.07, 6.45) is 4.32. The van der Waals surface area contributed by atoms with Crippen LogP contribution in [0.25, 0.3) is 0 Å². The zero-order valence-corrected chi connectivity index (χ0v) is 18.4. The monoisotopic (exact) mass is 428 g/mol. The van der Waals surface area contributed by atoms with Crippen LogP contribution in [0.5, 0.6) is 0 Å². The summed E-state index contributed by atoms with van der Waals surface area (Å²) in [6, 6.07) is 5.92. The molecule has 1 aromatic carbocycles. The number of piperidine rings is 1. The summed E-state index contributed by atoms with van der Waals surface area (Å²) in [6.45, 7) is 5.72. The van der Waals surface area contributed by atoms with E-state index >= 15 is 0 Å². The third kappa shape index (κ3) is 5.52. The second-order valence-corrected chi connectivity index (χ2v) is 9.11. The molecule has 0 spiro atoms. The van der Waals surface area contributed by atoms with Crippen LogP contribution in [0.3, 0.4) is 0 Å². The Labute approximate surface area is 178 Å². The van der Waals surface area contributed by atoms with Gasteiger partial charge in [-0.05, 0) is 64.7 Å². The van der Waals surface area contributed by atoms with Crippen molar-refractivity contribution >= 4 is 41.6 Å². The van der Waals surface area contributed by atoms with Gasteiger partial charge in [0, 0.05) is 36.4 Å². The van der Waals surface area contributed by atoms with E-state index in [1.54, 1.807) is 18.2 Å². The molecule has 2 aliphatic heterocycles.